The Labute approximate surface area is 108 Å². The van der Waals surface area contributed by atoms with Gasteiger partial charge in [-0.2, -0.15) is 0 Å². The molecule has 1 aromatic rings. The quantitative estimate of drug-likeness (QED) is 0.797. The van der Waals surface area contributed by atoms with Gasteiger partial charge in [0.15, 0.2) is 0 Å². The monoisotopic (exact) mass is 245 g/mol. The van der Waals surface area contributed by atoms with Crippen LogP contribution in [0.5, 0.6) is 0 Å². The Morgan fingerprint density at radius 2 is 2.17 bits per heavy atom. The number of amides is 1. The summed E-state index contributed by atoms with van der Waals surface area (Å²) in [7, 11) is 0. The van der Waals surface area contributed by atoms with Gasteiger partial charge in [-0.15, -0.1) is 0 Å². The minimum atomic E-state index is -0.177. The second kappa shape index (κ2) is 6.83. The van der Waals surface area contributed by atoms with Gasteiger partial charge in [0.25, 0.3) is 5.91 Å². The van der Waals surface area contributed by atoms with Gasteiger partial charge in [-0.05, 0) is 30.5 Å². The lowest BCUT2D eigenvalue weighted by molar-refractivity contribution is 0.0949. The molecule has 0 heterocycles. The predicted molar refractivity (Wildman–Crippen MR) is 72.3 cm³/mol. The third-order valence-corrected chi connectivity index (χ3v) is 2.47. The van der Waals surface area contributed by atoms with Gasteiger partial charge < -0.3 is 10.4 Å². The van der Waals surface area contributed by atoms with Crippen LogP contribution in [0, 0.1) is 24.7 Å². The van der Waals surface area contributed by atoms with Gasteiger partial charge >= 0.3 is 0 Å². The number of aliphatic hydroxyl groups excluding tert-OH is 1. The van der Waals surface area contributed by atoms with Crippen molar-refractivity contribution in [1.29, 1.82) is 0 Å². The molecule has 2 N–H and O–H groups in total. The van der Waals surface area contributed by atoms with Crippen molar-refractivity contribution in [3.63, 3.8) is 0 Å². The fraction of sp³-hybridized carbons (Fsp3) is 0.400. The Kier molecular flexibility index (Phi) is 5.41. The first-order chi connectivity index (χ1) is 8.54. The number of rotatable bonds is 3. The smallest absolute Gasteiger partial charge is 0.251 e. The first-order valence-electron chi connectivity index (χ1n) is 6.03. The zero-order chi connectivity index (χ0) is 13.5. The van der Waals surface area contributed by atoms with Gasteiger partial charge in [0, 0.05) is 17.7 Å². The lowest BCUT2D eigenvalue weighted by atomic mass is 10.0. The highest BCUT2D eigenvalue weighted by atomic mass is 16.2. The van der Waals surface area contributed by atoms with E-state index in [2.05, 4.69) is 17.2 Å². The Hall–Kier alpha value is -1.79. The Bertz CT molecular complexity index is 481. The van der Waals surface area contributed by atoms with Crippen LogP contribution >= 0.6 is 0 Å². The third kappa shape index (κ3) is 4.23. The average molecular weight is 245 g/mol. The van der Waals surface area contributed by atoms with Crippen molar-refractivity contribution in [2.45, 2.75) is 20.8 Å². The number of aliphatic hydroxyl groups is 1. The van der Waals surface area contributed by atoms with Gasteiger partial charge in [-0.1, -0.05) is 31.8 Å². The van der Waals surface area contributed by atoms with Crippen molar-refractivity contribution < 1.29 is 9.90 Å². The van der Waals surface area contributed by atoms with Gasteiger partial charge in [0.1, 0.15) is 6.61 Å². The normalized spacial score (nSPS) is 9.83. The number of carbonyl (C=O) groups excluding carboxylic acids is 1. The van der Waals surface area contributed by atoms with E-state index in [4.69, 9.17) is 5.11 Å². The fourth-order valence-corrected chi connectivity index (χ4v) is 1.43. The standard InChI is InChI=1S/C15H19NO2/c1-11(2)10-16-15(18)14-7-6-12(3)13(9-14)5-4-8-17/h6-7,9,11,17H,8,10H2,1-3H3,(H,16,18). The summed E-state index contributed by atoms with van der Waals surface area (Å²) in [5.74, 6) is 5.78. The highest BCUT2D eigenvalue weighted by molar-refractivity contribution is 5.94. The van der Waals surface area contributed by atoms with E-state index >= 15 is 0 Å². The van der Waals surface area contributed by atoms with Crippen LogP contribution in [0.15, 0.2) is 18.2 Å². The zero-order valence-electron chi connectivity index (χ0n) is 11.1. The van der Waals surface area contributed by atoms with E-state index in [0.717, 1.165) is 11.1 Å². The summed E-state index contributed by atoms with van der Waals surface area (Å²) in [5, 5.41) is 11.6. The molecule has 1 amide bonds. The molecule has 3 heteroatoms. The van der Waals surface area contributed by atoms with E-state index in [-0.39, 0.29) is 12.5 Å². The summed E-state index contributed by atoms with van der Waals surface area (Å²) in [6, 6.07) is 5.41. The van der Waals surface area contributed by atoms with Gasteiger partial charge in [-0.3, -0.25) is 4.79 Å². The molecule has 0 aliphatic rings. The molecule has 0 fully saturated rings. The molecule has 0 aliphatic carbocycles. The lowest BCUT2D eigenvalue weighted by Crippen LogP contribution is -2.27. The van der Waals surface area contributed by atoms with E-state index in [1.165, 1.54) is 0 Å². The Morgan fingerprint density at radius 1 is 1.44 bits per heavy atom. The van der Waals surface area contributed by atoms with Crippen LogP contribution in [0.1, 0.15) is 35.3 Å². The van der Waals surface area contributed by atoms with Crippen molar-refractivity contribution >= 4 is 5.91 Å². The van der Waals surface area contributed by atoms with Crippen molar-refractivity contribution in [2.75, 3.05) is 13.2 Å². The van der Waals surface area contributed by atoms with Gasteiger partial charge in [0.2, 0.25) is 0 Å². The number of carbonyl (C=O) groups is 1. The molecular weight excluding hydrogens is 226 g/mol. The second-order valence-electron chi connectivity index (χ2n) is 4.59. The molecule has 0 saturated carbocycles. The maximum atomic E-state index is 11.9. The highest BCUT2D eigenvalue weighted by Gasteiger charge is 2.07. The molecule has 0 radical (unpaired) electrons. The second-order valence-corrected chi connectivity index (χ2v) is 4.59. The lowest BCUT2D eigenvalue weighted by Gasteiger charge is -2.08. The molecule has 96 valence electrons. The van der Waals surface area contributed by atoms with Crippen LogP contribution < -0.4 is 5.32 Å². The number of nitrogens with one attached hydrogen (secondary N) is 1. The van der Waals surface area contributed by atoms with E-state index in [0.29, 0.717) is 18.0 Å². The molecule has 0 aliphatic heterocycles. The summed E-state index contributed by atoms with van der Waals surface area (Å²) in [6.45, 7) is 6.51. The number of hydrogen-bond acceptors (Lipinski definition) is 2. The first-order valence-corrected chi connectivity index (χ1v) is 6.03. The van der Waals surface area contributed by atoms with Crippen LogP contribution in [-0.4, -0.2) is 24.2 Å². The van der Waals surface area contributed by atoms with Crippen LogP contribution in [0.2, 0.25) is 0 Å². The summed E-state index contributed by atoms with van der Waals surface area (Å²) in [5.41, 5.74) is 2.38. The molecule has 3 nitrogen and oxygen atoms in total. The topological polar surface area (TPSA) is 49.3 Å². The molecule has 0 bridgehead atoms. The Balaban J connectivity index is 2.87. The maximum absolute atomic E-state index is 11.9. The average Bonchev–Trinajstić information content (AvgIpc) is 2.35. The molecule has 0 spiro atoms. The molecule has 0 atom stereocenters. The molecule has 0 saturated heterocycles. The molecule has 18 heavy (non-hydrogen) atoms. The third-order valence-electron chi connectivity index (χ3n) is 2.47. The van der Waals surface area contributed by atoms with Gasteiger partial charge in [0.05, 0.1) is 0 Å². The summed E-state index contributed by atoms with van der Waals surface area (Å²) in [6.07, 6.45) is 0. The largest absolute Gasteiger partial charge is 0.384 e. The van der Waals surface area contributed by atoms with E-state index < -0.39 is 0 Å². The van der Waals surface area contributed by atoms with Crippen molar-refractivity contribution in [3.05, 3.63) is 34.9 Å². The van der Waals surface area contributed by atoms with Gasteiger partial charge in [-0.25, -0.2) is 0 Å². The van der Waals surface area contributed by atoms with Crippen LogP contribution in [-0.2, 0) is 0 Å². The Morgan fingerprint density at radius 3 is 2.78 bits per heavy atom. The highest BCUT2D eigenvalue weighted by Crippen LogP contribution is 2.10. The zero-order valence-corrected chi connectivity index (χ0v) is 11.1. The van der Waals surface area contributed by atoms with Crippen molar-refractivity contribution in [3.8, 4) is 11.8 Å². The fourth-order valence-electron chi connectivity index (χ4n) is 1.43. The first kappa shape index (κ1) is 14.3. The van der Waals surface area contributed by atoms with E-state index in [1.807, 2.05) is 26.8 Å². The molecule has 0 aromatic heterocycles. The van der Waals surface area contributed by atoms with Crippen LogP contribution in [0.4, 0.5) is 0 Å². The molecule has 1 rings (SSSR count). The number of aryl methyl sites for hydroxylation is 1. The minimum absolute atomic E-state index is 0.0873. The molecular formula is C15H19NO2. The van der Waals surface area contributed by atoms with Crippen LogP contribution in [0.3, 0.4) is 0 Å². The van der Waals surface area contributed by atoms with Crippen molar-refractivity contribution in [2.24, 2.45) is 5.92 Å². The molecule has 1 aromatic carbocycles. The summed E-state index contributed by atoms with van der Waals surface area (Å²) >= 11 is 0. The SMILES string of the molecule is Cc1ccc(C(=O)NCC(C)C)cc1C#CCO. The summed E-state index contributed by atoms with van der Waals surface area (Å²) in [4.78, 5) is 11.9. The van der Waals surface area contributed by atoms with E-state index in [9.17, 15) is 4.79 Å². The number of hydrogen-bond donors (Lipinski definition) is 2. The van der Waals surface area contributed by atoms with Crippen LogP contribution in [0.25, 0.3) is 0 Å². The maximum Gasteiger partial charge on any atom is 0.251 e. The molecule has 0 unspecified atom stereocenters. The predicted octanol–water partition coefficient (Wildman–Crippen LogP) is 1.72. The van der Waals surface area contributed by atoms with E-state index in [1.54, 1.807) is 12.1 Å². The minimum Gasteiger partial charge on any atom is -0.384 e. The summed E-state index contributed by atoms with van der Waals surface area (Å²) < 4.78 is 0. The van der Waals surface area contributed by atoms with Crippen molar-refractivity contribution in [1.82, 2.24) is 5.32 Å². The number of benzene rings is 1.